The third-order valence-electron chi connectivity index (χ3n) is 7.41. The second kappa shape index (κ2) is 10.7. The van der Waals surface area contributed by atoms with Crippen molar-refractivity contribution >= 4 is 28.4 Å². The first kappa shape index (κ1) is 24.2. The lowest BCUT2D eigenvalue weighted by atomic mass is 10.1. The molecule has 3 fully saturated rings. The van der Waals surface area contributed by atoms with E-state index in [2.05, 4.69) is 15.3 Å². The molecule has 0 spiro atoms. The molecule has 2 aromatic heterocycles. The minimum absolute atomic E-state index is 0.141. The van der Waals surface area contributed by atoms with Crippen molar-refractivity contribution in [1.82, 2.24) is 24.6 Å². The van der Waals surface area contributed by atoms with Gasteiger partial charge in [-0.3, -0.25) is 0 Å². The number of hydrogen-bond donors (Lipinski definition) is 2. The van der Waals surface area contributed by atoms with Crippen LogP contribution in [-0.2, 0) is 9.47 Å². The van der Waals surface area contributed by atoms with Crippen LogP contribution in [0.4, 0.5) is 20.6 Å². The number of halogens is 1. The van der Waals surface area contributed by atoms with Crippen LogP contribution in [0.3, 0.4) is 0 Å². The second-order valence-electron chi connectivity index (χ2n) is 10.0. The quantitative estimate of drug-likeness (QED) is 0.535. The number of hydrogen-bond acceptors (Lipinski definition) is 6. The Bertz CT molecular complexity index is 1240. The van der Waals surface area contributed by atoms with E-state index < -0.39 is 0 Å². The number of benzene rings is 1. The first-order valence-electron chi connectivity index (χ1n) is 13.4. The molecule has 1 atom stereocenters. The van der Waals surface area contributed by atoms with Gasteiger partial charge in [-0.1, -0.05) is 0 Å². The van der Waals surface area contributed by atoms with Crippen molar-refractivity contribution in [2.24, 2.45) is 0 Å². The van der Waals surface area contributed by atoms with Gasteiger partial charge in [0.25, 0.3) is 0 Å². The minimum atomic E-state index is -0.313. The molecule has 0 bridgehead atoms. The zero-order valence-corrected chi connectivity index (χ0v) is 21.0. The number of ether oxygens (including phenoxy) is 2. The van der Waals surface area contributed by atoms with Crippen LogP contribution in [0.5, 0.6) is 0 Å². The van der Waals surface area contributed by atoms with Crippen molar-refractivity contribution in [3.8, 4) is 11.5 Å². The van der Waals surface area contributed by atoms with Crippen molar-refractivity contribution < 1.29 is 18.7 Å². The number of fused-ring (bicyclic) bond motifs is 1. The summed E-state index contributed by atoms with van der Waals surface area (Å²) in [4.78, 5) is 24.9. The molecule has 198 valence electrons. The van der Waals surface area contributed by atoms with Crippen LogP contribution < -0.4 is 10.2 Å². The molecule has 3 aromatic rings. The van der Waals surface area contributed by atoms with E-state index in [-0.39, 0.29) is 18.1 Å². The van der Waals surface area contributed by atoms with Crippen molar-refractivity contribution in [2.75, 3.05) is 56.2 Å². The number of rotatable bonds is 4. The van der Waals surface area contributed by atoms with Crippen molar-refractivity contribution in [3.63, 3.8) is 0 Å². The summed E-state index contributed by atoms with van der Waals surface area (Å²) in [5.74, 6) is 0.168. The van der Waals surface area contributed by atoms with Gasteiger partial charge in [-0.2, -0.15) is 5.10 Å². The fraction of sp³-hybridized carbons (Fsp3) is 0.577. The first-order valence-corrected chi connectivity index (χ1v) is 13.4. The number of anilines is 2. The maximum absolute atomic E-state index is 15.1. The number of nitrogens with zero attached hydrogens (tertiary/aromatic N) is 5. The van der Waals surface area contributed by atoms with Crippen LogP contribution in [0, 0.1) is 5.82 Å². The predicted octanol–water partition coefficient (Wildman–Crippen LogP) is 4.51. The number of imidazole rings is 1. The van der Waals surface area contributed by atoms with E-state index in [0.717, 1.165) is 64.6 Å². The van der Waals surface area contributed by atoms with Crippen LogP contribution in [0.1, 0.15) is 51.2 Å². The lowest BCUT2D eigenvalue weighted by molar-refractivity contribution is -0.0393. The van der Waals surface area contributed by atoms with Gasteiger partial charge in [-0.25, -0.2) is 18.9 Å². The van der Waals surface area contributed by atoms with Gasteiger partial charge in [0, 0.05) is 45.5 Å². The number of piperidine rings is 1. The van der Waals surface area contributed by atoms with E-state index in [1.54, 1.807) is 10.7 Å². The molecular weight excluding hydrogens is 477 g/mol. The Hall–Kier alpha value is -3.18. The van der Waals surface area contributed by atoms with Gasteiger partial charge in [-0.15, -0.1) is 0 Å². The van der Waals surface area contributed by atoms with E-state index in [1.807, 2.05) is 16.0 Å². The van der Waals surface area contributed by atoms with E-state index in [4.69, 9.17) is 14.6 Å². The SMILES string of the molecule is O=C(Nc1cn(C2CCCCO2)nc1-c1nc2cc(F)c(N3CCCOCC3)cc2[nH]1)N1CCCCC1. The molecule has 1 aromatic carbocycles. The number of aromatic nitrogens is 4. The lowest BCUT2D eigenvalue weighted by Crippen LogP contribution is -2.38. The van der Waals surface area contributed by atoms with Crippen molar-refractivity contribution in [2.45, 2.75) is 51.2 Å². The first-order chi connectivity index (χ1) is 18.2. The molecule has 11 heteroatoms. The number of H-pyrrole nitrogens is 1. The molecule has 3 saturated heterocycles. The minimum Gasteiger partial charge on any atom is -0.380 e. The van der Waals surface area contributed by atoms with Crippen LogP contribution in [0.15, 0.2) is 18.3 Å². The third-order valence-corrected chi connectivity index (χ3v) is 7.41. The molecule has 2 N–H and O–H groups in total. The molecular formula is C26H34FN7O3. The molecule has 3 aliphatic rings. The molecule has 37 heavy (non-hydrogen) atoms. The number of carbonyl (C=O) groups excluding carboxylic acids is 1. The van der Waals surface area contributed by atoms with E-state index in [0.29, 0.717) is 60.3 Å². The van der Waals surface area contributed by atoms with Crippen LogP contribution in [0.25, 0.3) is 22.6 Å². The van der Waals surface area contributed by atoms with Gasteiger partial charge >= 0.3 is 6.03 Å². The largest absolute Gasteiger partial charge is 0.380 e. The lowest BCUT2D eigenvalue weighted by Gasteiger charge is -2.26. The summed E-state index contributed by atoms with van der Waals surface area (Å²) in [5, 5.41) is 7.84. The molecule has 6 rings (SSSR count). The van der Waals surface area contributed by atoms with Crippen LogP contribution in [0.2, 0.25) is 0 Å². The number of likely N-dealkylation sites (tertiary alicyclic amines) is 1. The van der Waals surface area contributed by atoms with Gasteiger partial charge in [0.15, 0.2) is 11.5 Å². The number of amides is 2. The number of nitrogens with one attached hydrogen (secondary N) is 2. The smallest absolute Gasteiger partial charge is 0.321 e. The second-order valence-corrected chi connectivity index (χ2v) is 10.0. The molecule has 1 unspecified atom stereocenters. The van der Waals surface area contributed by atoms with Gasteiger partial charge in [0.2, 0.25) is 0 Å². The molecule has 10 nitrogen and oxygen atoms in total. The standard InChI is InChI=1S/C26H34FN7O3/c27-18-15-19-20(16-22(18)32-10-6-12-36-14-11-32)29-25(28-19)24-21(30-26(35)33-8-3-1-4-9-33)17-34(31-24)23-7-2-5-13-37-23/h15-17,23H,1-14H2,(H,28,29)(H,30,35). The third kappa shape index (κ3) is 5.15. The fourth-order valence-corrected chi connectivity index (χ4v) is 5.39. The maximum atomic E-state index is 15.1. The highest BCUT2D eigenvalue weighted by atomic mass is 19.1. The summed E-state index contributed by atoms with van der Waals surface area (Å²) in [6.07, 6.45) is 8.60. The molecule has 0 saturated carbocycles. The Balaban J connectivity index is 1.34. The van der Waals surface area contributed by atoms with Gasteiger partial charge in [0.05, 0.1) is 35.2 Å². The van der Waals surface area contributed by atoms with E-state index in [1.165, 1.54) is 6.07 Å². The molecule has 0 radical (unpaired) electrons. The summed E-state index contributed by atoms with van der Waals surface area (Å²) in [6, 6.07) is 3.13. The Morgan fingerprint density at radius 3 is 2.76 bits per heavy atom. The van der Waals surface area contributed by atoms with Gasteiger partial charge in [0.1, 0.15) is 12.0 Å². The number of carbonyl (C=O) groups is 1. The summed E-state index contributed by atoms with van der Waals surface area (Å²) in [6.45, 7) is 4.82. The van der Waals surface area contributed by atoms with Gasteiger partial charge in [-0.05, 0) is 51.0 Å². The Morgan fingerprint density at radius 2 is 1.92 bits per heavy atom. The topological polar surface area (TPSA) is 101 Å². The summed E-state index contributed by atoms with van der Waals surface area (Å²) in [7, 11) is 0. The van der Waals surface area contributed by atoms with Gasteiger partial charge < -0.3 is 29.6 Å². The Morgan fingerprint density at radius 1 is 1.03 bits per heavy atom. The molecule has 2 amide bonds. The normalized spacial score (nSPS) is 21.3. The molecule has 5 heterocycles. The summed E-state index contributed by atoms with van der Waals surface area (Å²) < 4.78 is 28.4. The summed E-state index contributed by atoms with van der Waals surface area (Å²) in [5.41, 5.74) is 2.84. The zero-order valence-electron chi connectivity index (χ0n) is 21.0. The van der Waals surface area contributed by atoms with Crippen molar-refractivity contribution in [1.29, 1.82) is 0 Å². The van der Waals surface area contributed by atoms with E-state index in [9.17, 15) is 4.79 Å². The highest BCUT2D eigenvalue weighted by molar-refractivity contribution is 5.93. The molecule has 3 aliphatic heterocycles. The monoisotopic (exact) mass is 511 g/mol. The van der Waals surface area contributed by atoms with Crippen molar-refractivity contribution in [3.05, 3.63) is 24.1 Å². The Kier molecular flexibility index (Phi) is 6.97. The highest BCUT2D eigenvalue weighted by Crippen LogP contribution is 2.33. The predicted molar refractivity (Wildman–Crippen MR) is 138 cm³/mol. The Labute approximate surface area is 215 Å². The van der Waals surface area contributed by atoms with Crippen LogP contribution in [-0.4, -0.2) is 76.7 Å². The summed E-state index contributed by atoms with van der Waals surface area (Å²) >= 11 is 0. The molecule has 0 aliphatic carbocycles. The average molecular weight is 512 g/mol. The maximum Gasteiger partial charge on any atom is 0.321 e. The highest BCUT2D eigenvalue weighted by Gasteiger charge is 2.25. The number of aromatic amines is 1. The van der Waals surface area contributed by atoms with E-state index >= 15 is 4.39 Å². The fourth-order valence-electron chi connectivity index (χ4n) is 5.39. The average Bonchev–Trinajstić information content (AvgIpc) is 3.43. The number of urea groups is 1. The van der Waals surface area contributed by atoms with Crippen LogP contribution >= 0.6 is 0 Å². The zero-order chi connectivity index (χ0) is 25.2.